The third kappa shape index (κ3) is 2.17. The fraction of sp³-hybridized carbons (Fsp3) is 0.455. The highest BCUT2D eigenvalue weighted by molar-refractivity contribution is 5.70. The molecule has 2 aromatic heterocycles. The molecule has 20 heavy (non-hydrogen) atoms. The topological polar surface area (TPSA) is 97.3 Å². The Morgan fingerprint density at radius 1 is 1.25 bits per heavy atom. The number of imidazole rings is 1. The number of aromatic nitrogens is 4. The quantitative estimate of drug-likeness (QED) is 0.708. The molecule has 0 radical (unpaired) electrons. The van der Waals surface area contributed by atoms with Crippen LogP contribution >= 0.6 is 0 Å². The number of fused-ring (bicyclic) bond motifs is 1. The summed E-state index contributed by atoms with van der Waals surface area (Å²) in [6.07, 6.45) is 0.487. The Hall–Kier alpha value is -2.58. The van der Waals surface area contributed by atoms with E-state index in [0.717, 1.165) is 4.57 Å². The smallest absolute Gasteiger partial charge is 0.435 e. The Balaban J connectivity index is 2.45. The second-order valence-electron chi connectivity index (χ2n) is 4.05. The molecular formula is C11H14N4O5. The number of rotatable bonds is 3. The molecule has 0 spiro atoms. The van der Waals surface area contributed by atoms with E-state index in [2.05, 4.69) is 9.72 Å². The lowest BCUT2D eigenvalue weighted by atomic mass is 10.5. The lowest BCUT2D eigenvalue weighted by Gasteiger charge is -2.07. The van der Waals surface area contributed by atoms with Gasteiger partial charge in [-0.15, -0.1) is 0 Å². The first-order valence-electron chi connectivity index (χ1n) is 5.87. The first-order chi connectivity index (χ1) is 9.47. The van der Waals surface area contributed by atoms with Crippen molar-refractivity contribution >= 4 is 17.3 Å². The first kappa shape index (κ1) is 13.8. The predicted molar refractivity (Wildman–Crippen MR) is 68.3 cm³/mol. The fourth-order valence-electron chi connectivity index (χ4n) is 1.78. The molecular weight excluding hydrogens is 268 g/mol. The van der Waals surface area contributed by atoms with Crippen LogP contribution in [0.1, 0.15) is 6.92 Å². The average molecular weight is 282 g/mol. The lowest BCUT2D eigenvalue weighted by Crippen LogP contribution is -2.37. The van der Waals surface area contributed by atoms with Crippen LogP contribution in [0, 0.1) is 0 Å². The molecule has 0 aliphatic heterocycles. The lowest BCUT2D eigenvalue weighted by molar-refractivity contribution is 0.0380. The summed E-state index contributed by atoms with van der Waals surface area (Å²) in [5.74, 6) is 0. The van der Waals surface area contributed by atoms with Gasteiger partial charge in [0.15, 0.2) is 17.9 Å². The van der Waals surface area contributed by atoms with Crippen molar-refractivity contribution in [1.82, 2.24) is 18.7 Å². The SMILES string of the molecule is CCOC(=O)OCn1cnc2c1c(=O)n(C)c(=O)n2C. The summed E-state index contributed by atoms with van der Waals surface area (Å²) in [5.41, 5.74) is -0.573. The van der Waals surface area contributed by atoms with E-state index in [1.54, 1.807) is 6.92 Å². The van der Waals surface area contributed by atoms with Crippen molar-refractivity contribution < 1.29 is 14.3 Å². The fourth-order valence-corrected chi connectivity index (χ4v) is 1.78. The van der Waals surface area contributed by atoms with Gasteiger partial charge < -0.3 is 9.47 Å². The normalized spacial score (nSPS) is 10.8. The van der Waals surface area contributed by atoms with E-state index in [-0.39, 0.29) is 24.5 Å². The second-order valence-corrected chi connectivity index (χ2v) is 4.05. The molecule has 2 aromatic rings. The molecule has 2 heterocycles. The van der Waals surface area contributed by atoms with E-state index in [0.29, 0.717) is 0 Å². The highest BCUT2D eigenvalue weighted by Crippen LogP contribution is 2.05. The van der Waals surface area contributed by atoms with Crippen molar-refractivity contribution in [2.45, 2.75) is 13.7 Å². The molecule has 9 nitrogen and oxygen atoms in total. The standard InChI is InChI=1S/C11H14N4O5/c1-4-19-11(18)20-6-15-5-12-8-7(15)9(16)14(3)10(17)13(8)2/h5H,4,6H2,1-3H3. The summed E-state index contributed by atoms with van der Waals surface area (Å²) in [6.45, 7) is 1.63. The molecule has 0 N–H and O–H groups in total. The first-order valence-corrected chi connectivity index (χ1v) is 5.87. The third-order valence-electron chi connectivity index (χ3n) is 2.80. The van der Waals surface area contributed by atoms with Crippen LogP contribution in [0.2, 0.25) is 0 Å². The minimum absolute atomic E-state index is 0.180. The van der Waals surface area contributed by atoms with Crippen molar-refractivity contribution in [3.05, 3.63) is 27.2 Å². The molecule has 9 heteroatoms. The summed E-state index contributed by atoms with van der Waals surface area (Å²) in [4.78, 5) is 38.9. The Labute approximate surface area is 113 Å². The van der Waals surface area contributed by atoms with Crippen LogP contribution in [0.5, 0.6) is 0 Å². The van der Waals surface area contributed by atoms with Gasteiger partial charge in [-0.05, 0) is 6.92 Å². The highest BCUT2D eigenvalue weighted by Gasteiger charge is 2.15. The minimum Gasteiger partial charge on any atom is -0.435 e. The van der Waals surface area contributed by atoms with E-state index in [1.165, 1.54) is 29.6 Å². The summed E-state index contributed by atoms with van der Waals surface area (Å²) in [7, 11) is 2.88. The molecule has 0 fully saturated rings. The van der Waals surface area contributed by atoms with Crippen molar-refractivity contribution in [1.29, 1.82) is 0 Å². The second kappa shape index (κ2) is 5.19. The van der Waals surface area contributed by atoms with Crippen molar-refractivity contribution in [2.75, 3.05) is 6.61 Å². The van der Waals surface area contributed by atoms with E-state index in [1.807, 2.05) is 0 Å². The number of nitrogens with zero attached hydrogens (tertiary/aromatic N) is 4. The molecule has 0 saturated carbocycles. The highest BCUT2D eigenvalue weighted by atomic mass is 16.7. The molecule has 0 unspecified atom stereocenters. The van der Waals surface area contributed by atoms with Crippen molar-refractivity contribution in [3.63, 3.8) is 0 Å². The van der Waals surface area contributed by atoms with Gasteiger partial charge in [0, 0.05) is 14.1 Å². The van der Waals surface area contributed by atoms with Crippen LogP contribution in [0.25, 0.3) is 11.2 Å². The molecule has 2 rings (SSSR count). The van der Waals surface area contributed by atoms with Gasteiger partial charge in [0.1, 0.15) is 6.33 Å². The predicted octanol–water partition coefficient (Wildman–Crippen LogP) is -0.436. The number of ether oxygens (including phenoxy) is 2. The molecule has 0 aromatic carbocycles. The number of hydrogen-bond donors (Lipinski definition) is 0. The largest absolute Gasteiger partial charge is 0.510 e. The molecule has 0 amide bonds. The minimum atomic E-state index is -0.837. The summed E-state index contributed by atoms with van der Waals surface area (Å²) in [5, 5.41) is 0. The average Bonchev–Trinajstić information content (AvgIpc) is 2.85. The zero-order valence-electron chi connectivity index (χ0n) is 11.3. The molecule has 0 saturated heterocycles. The van der Waals surface area contributed by atoms with Crippen molar-refractivity contribution in [3.8, 4) is 0 Å². The van der Waals surface area contributed by atoms with E-state index in [9.17, 15) is 14.4 Å². The summed E-state index contributed by atoms with van der Waals surface area (Å²) in [6, 6.07) is 0. The van der Waals surface area contributed by atoms with Crippen LogP contribution in [-0.4, -0.2) is 31.4 Å². The monoisotopic (exact) mass is 282 g/mol. The van der Waals surface area contributed by atoms with Crippen LogP contribution in [0.15, 0.2) is 15.9 Å². The van der Waals surface area contributed by atoms with E-state index in [4.69, 9.17) is 4.74 Å². The van der Waals surface area contributed by atoms with Gasteiger partial charge in [-0.1, -0.05) is 0 Å². The number of hydrogen-bond acceptors (Lipinski definition) is 6. The van der Waals surface area contributed by atoms with Crippen LogP contribution < -0.4 is 11.2 Å². The number of carbonyl (C=O) groups is 1. The van der Waals surface area contributed by atoms with Crippen molar-refractivity contribution in [2.24, 2.45) is 14.1 Å². The Morgan fingerprint density at radius 3 is 2.60 bits per heavy atom. The van der Waals surface area contributed by atoms with Gasteiger partial charge in [0.05, 0.1) is 6.61 Å². The molecule has 0 atom stereocenters. The Bertz CT molecular complexity index is 769. The van der Waals surface area contributed by atoms with Gasteiger partial charge in [-0.3, -0.25) is 18.5 Å². The Morgan fingerprint density at radius 2 is 1.95 bits per heavy atom. The van der Waals surface area contributed by atoms with Gasteiger partial charge in [-0.2, -0.15) is 0 Å². The summed E-state index contributed by atoms with van der Waals surface area (Å²) >= 11 is 0. The number of carbonyl (C=O) groups excluding carboxylic acids is 1. The zero-order valence-corrected chi connectivity index (χ0v) is 11.3. The third-order valence-corrected chi connectivity index (χ3v) is 2.80. The van der Waals surface area contributed by atoms with E-state index >= 15 is 0 Å². The van der Waals surface area contributed by atoms with Gasteiger partial charge in [-0.25, -0.2) is 14.6 Å². The maximum absolute atomic E-state index is 12.1. The van der Waals surface area contributed by atoms with Gasteiger partial charge >= 0.3 is 11.8 Å². The molecule has 0 aliphatic carbocycles. The van der Waals surface area contributed by atoms with Crippen LogP contribution in [0.3, 0.4) is 0 Å². The van der Waals surface area contributed by atoms with E-state index < -0.39 is 17.4 Å². The number of aryl methyl sites for hydroxylation is 1. The molecule has 0 bridgehead atoms. The molecule has 108 valence electrons. The zero-order chi connectivity index (χ0) is 14.9. The van der Waals surface area contributed by atoms with Crippen LogP contribution in [0.4, 0.5) is 4.79 Å². The van der Waals surface area contributed by atoms with Crippen LogP contribution in [-0.2, 0) is 30.3 Å². The maximum Gasteiger partial charge on any atom is 0.510 e. The molecule has 0 aliphatic rings. The Kier molecular flexibility index (Phi) is 3.59. The van der Waals surface area contributed by atoms with Gasteiger partial charge in [0.25, 0.3) is 5.56 Å². The van der Waals surface area contributed by atoms with Gasteiger partial charge in [0.2, 0.25) is 0 Å². The summed E-state index contributed by atoms with van der Waals surface area (Å²) < 4.78 is 13.0. The maximum atomic E-state index is 12.1.